The average molecular weight is 249 g/mol. The molecule has 1 N–H and O–H groups in total. The molecule has 0 radical (unpaired) electrons. The molecule has 0 bridgehead atoms. The lowest BCUT2D eigenvalue weighted by Gasteiger charge is -2.30. The standard InChI is InChI=1S/C15H27N3/c1-3-9-18(11-13-5-6-13)14-7-8-15(10-14,12-16)17-4-2/h13-14,17H,3-11H2,1-2H3. The van der Waals surface area contributed by atoms with Crippen LogP contribution in [0.5, 0.6) is 0 Å². The predicted molar refractivity (Wildman–Crippen MR) is 74.2 cm³/mol. The van der Waals surface area contributed by atoms with Crippen molar-refractivity contribution in [3.8, 4) is 6.07 Å². The highest BCUT2D eigenvalue weighted by atomic mass is 15.2. The molecule has 0 aliphatic heterocycles. The molecule has 0 spiro atoms. The van der Waals surface area contributed by atoms with Crippen molar-refractivity contribution in [2.75, 3.05) is 19.6 Å². The van der Waals surface area contributed by atoms with Gasteiger partial charge in [0.05, 0.1) is 6.07 Å². The molecule has 0 saturated heterocycles. The van der Waals surface area contributed by atoms with Crippen LogP contribution < -0.4 is 5.32 Å². The van der Waals surface area contributed by atoms with Gasteiger partial charge in [0.15, 0.2) is 0 Å². The van der Waals surface area contributed by atoms with E-state index in [1.54, 1.807) is 0 Å². The van der Waals surface area contributed by atoms with Gasteiger partial charge in [0.1, 0.15) is 5.54 Å². The van der Waals surface area contributed by atoms with Crippen LogP contribution in [0.3, 0.4) is 0 Å². The van der Waals surface area contributed by atoms with Crippen LogP contribution in [-0.4, -0.2) is 36.1 Å². The molecular formula is C15H27N3. The average Bonchev–Trinajstić information content (AvgIpc) is 3.09. The van der Waals surface area contributed by atoms with Crippen LogP contribution in [0, 0.1) is 17.2 Å². The second-order valence-corrected chi connectivity index (χ2v) is 6.06. The largest absolute Gasteiger partial charge is 0.300 e. The first-order valence-electron chi connectivity index (χ1n) is 7.63. The van der Waals surface area contributed by atoms with Crippen LogP contribution in [0.15, 0.2) is 0 Å². The second kappa shape index (κ2) is 6.04. The minimum Gasteiger partial charge on any atom is -0.300 e. The summed E-state index contributed by atoms with van der Waals surface area (Å²) in [6, 6.07) is 3.17. The maximum Gasteiger partial charge on any atom is 0.108 e. The van der Waals surface area contributed by atoms with E-state index in [-0.39, 0.29) is 5.54 Å². The van der Waals surface area contributed by atoms with E-state index < -0.39 is 0 Å². The molecule has 18 heavy (non-hydrogen) atoms. The SMILES string of the molecule is CCCN(CC1CC1)C1CCC(C#N)(NCC)C1. The normalized spacial score (nSPS) is 31.8. The summed E-state index contributed by atoms with van der Waals surface area (Å²) in [6.07, 6.45) is 7.29. The topological polar surface area (TPSA) is 39.1 Å². The van der Waals surface area contributed by atoms with Gasteiger partial charge < -0.3 is 4.90 Å². The van der Waals surface area contributed by atoms with Gasteiger partial charge in [0.2, 0.25) is 0 Å². The molecular weight excluding hydrogens is 222 g/mol. The van der Waals surface area contributed by atoms with Gasteiger partial charge in [-0.2, -0.15) is 5.26 Å². The van der Waals surface area contributed by atoms with Gasteiger partial charge in [-0.25, -0.2) is 0 Å². The van der Waals surface area contributed by atoms with Gasteiger partial charge in [0.25, 0.3) is 0 Å². The fraction of sp³-hybridized carbons (Fsp3) is 0.933. The van der Waals surface area contributed by atoms with E-state index >= 15 is 0 Å². The first-order valence-corrected chi connectivity index (χ1v) is 7.63. The Bertz CT molecular complexity index is 305. The zero-order valence-corrected chi connectivity index (χ0v) is 11.9. The van der Waals surface area contributed by atoms with E-state index in [9.17, 15) is 5.26 Å². The fourth-order valence-electron chi connectivity index (χ4n) is 3.31. The summed E-state index contributed by atoms with van der Waals surface area (Å²) in [4.78, 5) is 2.66. The Morgan fingerprint density at radius 2 is 2.11 bits per heavy atom. The highest BCUT2D eigenvalue weighted by molar-refractivity contribution is 5.13. The highest BCUT2D eigenvalue weighted by Gasteiger charge is 2.41. The van der Waals surface area contributed by atoms with Crippen molar-refractivity contribution < 1.29 is 0 Å². The Hall–Kier alpha value is -0.590. The van der Waals surface area contributed by atoms with Crippen molar-refractivity contribution in [2.45, 2.75) is 64.0 Å². The van der Waals surface area contributed by atoms with Crippen LogP contribution in [-0.2, 0) is 0 Å². The number of hydrogen-bond acceptors (Lipinski definition) is 3. The number of nitrogens with one attached hydrogen (secondary N) is 1. The molecule has 0 aromatic rings. The van der Waals surface area contributed by atoms with Crippen LogP contribution in [0.2, 0.25) is 0 Å². The molecule has 0 amide bonds. The van der Waals surface area contributed by atoms with E-state index in [0.717, 1.165) is 25.3 Å². The number of nitriles is 1. The maximum atomic E-state index is 9.44. The van der Waals surface area contributed by atoms with Gasteiger partial charge in [-0.05, 0) is 57.5 Å². The number of nitrogens with zero attached hydrogens (tertiary/aromatic N) is 2. The Kier molecular flexibility index (Phi) is 4.64. The highest BCUT2D eigenvalue weighted by Crippen LogP contribution is 2.36. The zero-order valence-electron chi connectivity index (χ0n) is 11.9. The van der Waals surface area contributed by atoms with Gasteiger partial charge in [-0.1, -0.05) is 13.8 Å². The third kappa shape index (κ3) is 3.24. The molecule has 0 aromatic carbocycles. The summed E-state index contributed by atoms with van der Waals surface area (Å²) in [5.41, 5.74) is -0.241. The van der Waals surface area contributed by atoms with Crippen LogP contribution in [0.4, 0.5) is 0 Å². The first kappa shape index (κ1) is 13.8. The van der Waals surface area contributed by atoms with Crippen LogP contribution in [0.25, 0.3) is 0 Å². The molecule has 2 saturated carbocycles. The van der Waals surface area contributed by atoms with Crippen molar-refractivity contribution in [3.63, 3.8) is 0 Å². The number of hydrogen-bond donors (Lipinski definition) is 1. The van der Waals surface area contributed by atoms with Crippen LogP contribution >= 0.6 is 0 Å². The molecule has 2 rings (SSSR count). The van der Waals surface area contributed by atoms with Crippen molar-refractivity contribution in [3.05, 3.63) is 0 Å². The molecule has 0 aromatic heterocycles. The Morgan fingerprint density at radius 1 is 1.33 bits per heavy atom. The first-order chi connectivity index (χ1) is 8.73. The van der Waals surface area contributed by atoms with Crippen molar-refractivity contribution in [1.29, 1.82) is 5.26 Å². The van der Waals surface area contributed by atoms with Gasteiger partial charge >= 0.3 is 0 Å². The molecule has 0 heterocycles. The molecule has 2 unspecified atom stereocenters. The summed E-state index contributed by atoms with van der Waals surface area (Å²) >= 11 is 0. The molecule has 2 fully saturated rings. The molecule has 102 valence electrons. The smallest absolute Gasteiger partial charge is 0.108 e. The predicted octanol–water partition coefficient (Wildman–Crippen LogP) is 2.53. The summed E-state index contributed by atoms with van der Waals surface area (Å²) in [5.74, 6) is 0.952. The molecule has 2 aliphatic rings. The van der Waals surface area contributed by atoms with E-state index in [1.807, 2.05) is 0 Å². The lowest BCUT2D eigenvalue weighted by atomic mass is 9.99. The Morgan fingerprint density at radius 3 is 2.67 bits per heavy atom. The van der Waals surface area contributed by atoms with Gasteiger partial charge in [-0.15, -0.1) is 0 Å². The molecule has 3 heteroatoms. The monoisotopic (exact) mass is 249 g/mol. The minimum absolute atomic E-state index is 0.241. The zero-order chi connectivity index (χ0) is 13.0. The quantitative estimate of drug-likeness (QED) is 0.753. The summed E-state index contributed by atoms with van der Waals surface area (Å²) in [6.45, 7) is 7.73. The fourth-order valence-corrected chi connectivity index (χ4v) is 3.31. The summed E-state index contributed by atoms with van der Waals surface area (Å²) in [7, 11) is 0. The van der Waals surface area contributed by atoms with Crippen LogP contribution in [0.1, 0.15) is 52.4 Å². The van der Waals surface area contributed by atoms with Gasteiger partial charge in [0, 0.05) is 12.6 Å². The Labute approximate surface area is 112 Å². The third-order valence-corrected chi connectivity index (χ3v) is 4.43. The summed E-state index contributed by atoms with van der Waals surface area (Å²) in [5, 5.41) is 12.9. The molecule has 2 atom stereocenters. The lowest BCUT2D eigenvalue weighted by Crippen LogP contribution is -2.44. The van der Waals surface area contributed by atoms with E-state index in [0.29, 0.717) is 6.04 Å². The molecule has 2 aliphatic carbocycles. The second-order valence-electron chi connectivity index (χ2n) is 6.06. The summed E-state index contributed by atoms with van der Waals surface area (Å²) < 4.78 is 0. The van der Waals surface area contributed by atoms with Crippen molar-refractivity contribution >= 4 is 0 Å². The molecule has 3 nitrogen and oxygen atoms in total. The van der Waals surface area contributed by atoms with Crippen molar-refractivity contribution in [2.24, 2.45) is 5.92 Å². The Balaban J connectivity index is 1.93. The maximum absolute atomic E-state index is 9.44. The lowest BCUT2D eigenvalue weighted by molar-refractivity contribution is 0.184. The number of rotatable bonds is 7. The van der Waals surface area contributed by atoms with E-state index in [2.05, 4.69) is 30.1 Å². The van der Waals surface area contributed by atoms with Gasteiger partial charge in [-0.3, -0.25) is 5.32 Å². The third-order valence-electron chi connectivity index (χ3n) is 4.43. The van der Waals surface area contributed by atoms with E-state index in [1.165, 1.54) is 38.8 Å². The van der Waals surface area contributed by atoms with E-state index in [4.69, 9.17) is 0 Å². The van der Waals surface area contributed by atoms with Crippen molar-refractivity contribution in [1.82, 2.24) is 10.2 Å². The minimum atomic E-state index is -0.241.